The van der Waals surface area contributed by atoms with Gasteiger partial charge in [-0.25, -0.2) is 0 Å². The molecule has 17 heavy (non-hydrogen) atoms. The van der Waals surface area contributed by atoms with Crippen LogP contribution in [0.15, 0.2) is 0 Å². The zero-order valence-corrected chi connectivity index (χ0v) is 10.1. The van der Waals surface area contributed by atoms with Gasteiger partial charge in [-0.1, -0.05) is 0 Å². The summed E-state index contributed by atoms with van der Waals surface area (Å²) in [6.45, 7) is 3.35. The summed E-state index contributed by atoms with van der Waals surface area (Å²) < 4.78 is 0. The molecule has 4 fully saturated rings. The number of piperidine rings is 3. The van der Waals surface area contributed by atoms with Gasteiger partial charge in [0.25, 0.3) is 0 Å². The molecule has 4 aliphatic rings. The number of fused-ring (bicyclic) bond motifs is 3. The maximum absolute atomic E-state index is 12.2. The van der Waals surface area contributed by atoms with E-state index in [9.17, 15) is 4.79 Å². The molecule has 1 aliphatic carbocycles. The van der Waals surface area contributed by atoms with Crippen molar-refractivity contribution in [3.05, 3.63) is 0 Å². The predicted molar refractivity (Wildman–Crippen MR) is 63.0 cm³/mol. The van der Waals surface area contributed by atoms with Gasteiger partial charge in [0, 0.05) is 12.6 Å². The maximum Gasteiger partial charge on any atom is 0.240 e. The van der Waals surface area contributed by atoms with Gasteiger partial charge < -0.3 is 10.2 Å². The second kappa shape index (κ2) is 3.99. The molecule has 0 radical (unpaired) electrons. The predicted octanol–water partition coefficient (Wildman–Crippen LogP) is 0.891. The van der Waals surface area contributed by atoms with Gasteiger partial charge in [-0.05, 0) is 51.1 Å². The molecule has 0 aromatic heterocycles. The molecule has 1 amide bonds. The second-order valence-corrected chi connectivity index (χ2v) is 5.77. The van der Waals surface area contributed by atoms with Crippen LogP contribution in [0.2, 0.25) is 0 Å². The Morgan fingerprint density at radius 2 is 2.06 bits per heavy atom. The van der Waals surface area contributed by atoms with Gasteiger partial charge in [0.2, 0.25) is 5.91 Å². The van der Waals surface area contributed by atoms with Gasteiger partial charge in [-0.3, -0.25) is 4.79 Å². The molecule has 0 aromatic carbocycles. The van der Waals surface area contributed by atoms with Crippen molar-refractivity contribution in [3.63, 3.8) is 0 Å². The Morgan fingerprint density at radius 1 is 1.35 bits per heavy atom. The fourth-order valence-electron chi connectivity index (χ4n) is 3.36. The Balaban J connectivity index is 1.64. The first-order valence-electron chi connectivity index (χ1n) is 6.68. The van der Waals surface area contributed by atoms with Crippen LogP contribution >= 0.6 is 0 Å². The standard InChI is InChI=1S/C13H19N3O/c14-9-13(4-1-5-13)12(17)15-11-8-16-6-2-10(11)3-7-16/h10-11H,1-8H2,(H,15,17). The fraction of sp³-hybridized carbons (Fsp3) is 0.846. The van der Waals surface area contributed by atoms with Crippen LogP contribution in [0.25, 0.3) is 0 Å². The monoisotopic (exact) mass is 233 g/mol. The minimum atomic E-state index is -0.688. The number of carbonyl (C=O) groups is 1. The highest BCUT2D eigenvalue weighted by molar-refractivity contribution is 5.86. The van der Waals surface area contributed by atoms with E-state index in [-0.39, 0.29) is 11.9 Å². The fourth-order valence-corrected chi connectivity index (χ4v) is 3.36. The van der Waals surface area contributed by atoms with E-state index in [0.29, 0.717) is 5.92 Å². The lowest BCUT2D eigenvalue weighted by Gasteiger charge is -2.46. The summed E-state index contributed by atoms with van der Waals surface area (Å²) in [4.78, 5) is 14.6. The Labute approximate surface area is 102 Å². The highest BCUT2D eigenvalue weighted by atomic mass is 16.2. The van der Waals surface area contributed by atoms with Gasteiger partial charge in [-0.15, -0.1) is 0 Å². The van der Waals surface area contributed by atoms with Crippen LogP contribution < -0.4 is 5.32 Å². The molecule has 0 spiro atoms. The smallest absolute Gasteiger partial charge is 0.240 e. The highest BCUT2D eigenvalue weighted by Crippen LogP contribution is 2.41. The number of carbonyl (C=O) groups excluding carboxylic acids is 1. The van der Waals surface area contributed by atoms with Crippen LogP contribution in [0, 0.1) is 22.7 Å². The minimum Gasteiger partial charge on any atom is -0.350 e. The van der Waals surface area contributed by atoms with Crippen molar-refractivity contribution >= 4 is 5.91 Å². The van der Waals surface area contributed by atoms with Crippen LogP contribution in [0.3, 0.4) is 0 Å². The molecule has 1 atom stereocenters. The van der Waals surface area contributed by atoms with E-state index in [1.165, 1.54) is 25.9 Å². The topological polar surface area (TPSA) is 56.1 Å². The lowest BCUT2D eigenvalue weighted by molar-refractivity contribution is -0.133. The summed E-state index contributed by atoms with van der Waals surface area (Å²) in [7, 11) is 0. The number of hydrogen-bond acceptors (Lipinski definition) is 3. The SMILES string of the molecule is N#CC1(C(=O)NC2CN3CCC2CC3)CCC1. The summed E-state index contributed by atoms with van der Waals surface area (Å²) in [5, 5.41) is 12.3. The van der Waals surface area contributed by atoms with Crippen molar-refractivity contribution in [1.82, 2.24) is 10.2 Å². The van der Waals surface area contributed by atoms with Crippen molar-refractivity contribution in [1.29, 1.82) is 5.26 Å². The number of nitrogens with one attached hydrogen (secondary N) is 1. The molecule has 2 bridgehead atoms. The molecule has 4 rings (SSSR count). The minimum absolute atomic E-state index is 0.00926. The van der Waals surface area contributed by atoms with Gasteiger partial charge >= 0.3 is 0 Å². The zero-order valence-electron chi connectivity index (χ0n) is 10.1. The van der Waals surface area contributed by atoms with Gasteiger partial charge in [-0.2, -0.15) is 5.26 Å². The average Bonchev–Trinajstić information content (AvgIpc) is 2.30. The molecule has 4 nitrogen and oxygen atoms in total. The molecule has 4 heteroatoms. The van der Waals surface area contributed by atoms with Gasteiger partial charge in [0.05, 0.1) is 6.07 Å². The number of nitriles is 1. The third-order valence-corrected chi connectivity index (χ3v) is 4.83. The molecule has 1 unspecified atom stereocenters. The first kappa shape index (κ1) is 11.0. The lowest BCUT2D eigenvalue weighted by atomic mass is 9.69. The molecular formula is C13H19N3O. The molecule has 3 heterocycles. The highest BCUT2D eigenvalue weighted by Gasteiger charge is 2.46. The molecule has 3 saturated heterocycles. The van der Waals surface area contributed by atoms with E-state index in [2.05, 4.69) is 16.3 Å². The summed E-state index contributed by atoms with van der Waals surface area (Å²) in [6, 6.07) is 2.51. The largest absolute Gasteiger partial charge is 0.350 e. The number of amides is 1. The quantitative estimate of drug-likeness (QED) is 0.770. The van der Waals surface area contributed by atoms with E-state index in [4.69, 9.17) is 5.26 Å². The Bertz CT molecular complexity index is 361. The third kappa shape index (κ3) is 1.73. The van der Waals surface area contributed by atoms with Crippen LogP contribution in [-0.4, -0.2) is 36.5 Å². The zero-order chi connectivity index (χ0) is 11.9. The first-order chi connectivity index (χ1) is 8.23. The molecule has 92 valence electrons. The normalized spacial score (nSPS) is 37.9. The van der Waals surface area contributed by atoms with Crippen molar-refractivity contribution in [2.45, 2.75) is 38.1 Å². The van der Waals surface area contributed by atoms with E-state index >= 15 is 0 Å². The lowest BCUT2D eigenvalue weighted by Crippen LogP contribution is -2.59. The van der Waals surface area contributed by atoms with Crippen molar-refractivity contribution in [2.75, 3.05) is 19.6 Å². The number of nitrogens with zero attached hydrogens (tertiary/aromatic N) is 2. The van der Waals surface area contributed by atoms with Gasteiger partial charge in [0.1, 0.15) is 5.41 Å². The van der Waals surface area contributed by atoms with Crippen LogP contribution in [-0.2, 0) is 4.79 Å². The maximum atomic E-state index is 12.2. The Morgan fingerprint density at radius 3 is 2.47 bits per heavy atom. The molecule has 0 aromatic rings. The average molecular weight is 233 g/mol. The van der Waals surface area contributed by atoms with E-state index in [0.717, 1.165) is 25.8 Å². The van der Waals surface area contributed by atoms with Crippen molar-refractivity contribution < 1.29 is 4.79 Å². The van der Waals surface area contributed by atoms with Crippen molar-refractivity contribution in [2.24, 2.45) is 11.3 Å². The molecular weight excluding hydrogens is 214 g/mol. The number of rotatable bonds is 2. The van der Waals surface area contributed by atoms with Crippen LogP contribution in [0.5, 0.6) is 0 Å². The Kier molecular flexibility index (Phi) is 2.59. The summed E-state index contributed by atoms with van der Waals surface area (Å²) >= 11 is 0. The molecule has 1 saturated carbocycles. The van der Waals surface area contributed by atoms with E-state index < -0.39 is 5.41 Å². The summed E-state index contributed by atoms with van der Waals surface area (Å²) in [5.74, 6) is 0.629. The molecule has 1 N–H and O–H groups in total. The van der Waals surface area contributed by atoms with Crippen LogP contribution in [0.1, 0.15) is 32.1 Å². The Hall–Kier alpha value is -1.08. The molecule has 3 aliphatic heterocycles. The third-order valence-electron chi connectivity index (χ3n) is 4.83. The van der Waals surface area contributed by atoms with Crippen LogP contribution in [0.4, 0.5) is 0 Å². The van der Waals surface area contributed by atoms with Gasteiger partial charge in [0.15, 0.2) is 0 Å². The van der Waals surface area contributed by atoms with Crippen molar-refractivity contribution in [3.8, 4) is 6.07 Å². The summed E-state index contributed by atoms with van der Waals surface area (Å²) in [5.41, 5.74) is -0.688. The van der Waals surface area contributed by atoms with E-state index in [1.54, 1.807) is 0 Å². The second-order valence-electron chi connectivity index (χ2n) is 5.77. The first-order valence-corrected chi connectivity index (χ1v) is 6.68. The number of hydrogen-bond donors (Lipinski definition) is 1. The summed E-state index contributed by atoms with van der Waals surface area (Å²) in [6.07, 6.45) is 4.91. The van der Waals surface area contributed by atoms with E-state index in [1.807, 2.05) is 0 Å².